The number of benzene rings is 6. The van der Waals surface area contributed by atoms with E-state index in [1.165, 1.54) is 63.2 Å². The molecule has 1 amide bonds. The molecule has 6 N–H and O–H groups in total. The van der Waals surface area contributed by atoms with Crippen LogP contribution in [0.15, 0.2) is 166 Å². The molecule has 0 bridgehead atoms. The SMILES string of the molecule is C.C.C.C.C.CC(=O)CCl.COC(=O)C(Br)c1ccccc1.Cc1coc(-c2cc(Cl)ccc2O)n1.Cc1coc(-c2cc(Cl)ccc2O)n1.Cc1coc(-c2cc(Cl)ccc2OC(C(=O)O)c2ccccc2)n1.NC(=O)c1cc(Cl)ccc1O. The summed E-state index contributed by atoms with van der Waals surface area (Å²) < 4.78 is 26.0. The summed E-state index contributed by atoms with van der Waals surface area (Å²) in [6.45, 7) is 6.87. The number of aryl methyl sites for hydroxylation is 3. The number of phenols is 3. The van der Waals surface area contributed by atoms with Crippen LogP contribution in [0.4, 0.5) is 0 Å². The lowest BCUT2D eigenvalue weighted by Gasteiger charge is -2.17. The van der Waals surface area contributed by atoms with E-state index in [1.54, 1.807) is 73.7 Å². The number of carboxylic acid groups (broad SMARTS) is 1. The van der Waals surface area contributed by atoms with Gasteiger partial charge in [0.1, 0.15) is 52.4 Å². The van der Waals surface area contributed by atoms with Gasteiger partial charge >= 0.3 is 11.9 Å². The van der Waals surface area contributed by atoms with Gasteiger partial charge < -0.3 is 48.9 Å². The van der Waals surface area contributed by atoms with Crippen LogP contribution in [-0.2, 0) is 19.1 Å². The average Bonchev–Trinajstić information content (AvgIpc) is 4.46. The van der Waals surface area contributed by atoms with Crippen molar-refractivity contribution in [3.8, 4) is 57.4 Å². The van der Waals surface area contributed by atoms with E-state index in [0.29, 0.717) is 71.5 Å². The van der Waals surface area contributed by atoms with Crippen LogP contribution >= 0.6 is 73.9 Å². The number of aromatic hydroxyl groups is 3. The number of ether oxygens (including phenoxy) is 2. The molecule has 458 valence electrons. The molecule has 0 aliphatic carbocycles. The molecular weight excluding hydrogens is 1270 g/mol. The Hall–Kier alpha value is -7.84. The minimum absolute atomic E-state index is 0. The van der Waals surface area contributed by atoms with Crippen LogP contribution in [-0.4, -0.2) is 72.0 Å². The summed E-state index contributed by atoms with van der Waals surface area (Å²) >= 11 is 31.4. The van der Waals surface area contributed by atoms with Crippen molar-refractivity contribution in [3.63, 3.8) is 0 Å². The quantitative estimate of drug-likeness (QED) is 0.0595. The fourth-order valence-electron chi connectivity index (χ4n) is 6.15. The third-order valence-corrected chi connectivity index (χ3v) is 12.1. The summed E-state index contributed by atoms with van der Waals surface area (Å²) in [6.07, 6.45) is 3.40. The van der Waals surface area contributed by atoms with Gasteiger partial charge in [0.15, 0.2) is 0 Å². The van der Waals surface area contributed by atoms with Crippen LogP contribution in [0, 0.1) is 20.8 Å². The first-order valence-corrected chi connectivity index (χ1v) is 26.1. The Labute approximate surface area is 529 Å². The smallest absolute Gasteiger partial charge is 0.349 e. The summed E-state index contributed by atoms with van der Waals surface area (Å²) in [7, 11) is 1.37. The number of alkyl halides is 2. The largest absolute Gasteiger partial charge is 0.507 e. The van der Waals surface area contributed by atoms with Gasteiger partial charge in [0.05, 0.1) is 52.3 Å². The molecule has 17 nitrogen and oxygen atoms in total. The van der Waals surface area contributed by atoms with E-state index in [4.69, 9.17) is 86.8 Å². The summed E-state index contributed by atoms with van der Waals surface area (Å²) in [5.41, 5.74) is 10.1. The molecule has 85 heavy (non-hydrogen) atoms. The number of hydrogen-bond donors (Lipinski definition) is 5. The second-order valence-corrected chi connectivity index (χ2v) is 19.2. The van der Waals surface area contributed by atoms with Crippen molar-refractivity contribution in [2.75, 3.05) is 13.0 Å². The molecule has 0 aliphatic rings. The van der Waals surface area contributed by atoms with E-state index < -0.39 is 18.0 Å². The van der Waals surface area contributed by atoms with Gasteiger partial charge in [-0.25, -0.2) is 19.7 Å². The lowest BCUT2D eigenvalue weighted by molar-refractivity contribution is -0.145. The number of methoxy groups -OCH3 is 1. The first-order valence-electron chi connectivity index (χ1n) is 23.1. The molecule has 9 aromatic rings. The highest BCUT2D eigenvalue weighted by Crippen LogP contribution is 2.36. The number of phenolic OH excluding ortho intramolecular Hbond substituents is 2. The van der Waals surface area contributed by atoms with Crippen LogP contribution in [0.1, 0.15) is 93.6 Å². The Morgan fingerprint density at radius 1 is 0.565 bits per heavy atom. The number of amides is 1. The number of nitrogens with two attached hydrogens (primary N) is 1. The van der Waals surface area contributed by atoms with E-state index in [2.05, 4.69) is 35.6 Å². The highest BCUT2D eigenvalue weighted by molar-refractivity contribution is 9.09. The third kappa shape index (κ3) is 25.9. The maximum Gasteiger partial charge on any atom is 0.349 e. The zero-order valence-electron chi connectivity index (χ0n) is 42.9. The molecule has 6 aromatic carbocycles. The summed E-state index contributed by atoms with van der Waals surface area (Å²) in [5, 5.41) is 39.6. The summed E-state index contributed by atoms with van der Waals surface area (Å²) in [5.74, 6) is -0.428. The van der Waals surface area contributed by atoms with Gasteiger partial charge in [-0.1, -0.05) is 160 Å². The molecule has 3 aromatic heterocycles. The van der Waals surface area contributed by atoms with Crippen molar-refractivity contribution >= 4 is 97.6 Å². The highest BCUT2D eigenvalue weighted by atomic mass is 79.9. The molecule has 0 fully saturated rings. The van der Waals surface area contributed by atoms with Crippen LogP contribution in [0.25, 0.3) is 34.4 Å². The summed E-state index contributed by atoms with van der Waals surface area (Å²) in [4.78, 5) is 55.0. The predicted molar refractivity (Wildman–Crippen MR) is 343 cm³/mol. The molecule has 23 heteroatoms. The van der Waals surface area contributed by atoms with Crippen molar-refractivity contribution in [3.05, 3.63) is 206 Å². The van der Waals surface area contributed by atoms with Gasteiger partial charge in [-0.15, -0.1) is 11.6 Å². The highest BCUT2D eigenvalue weighted by Gasteiger charge is 2.25. The Morgan fingerprint density at radius 2 is 0.918 bits per heavy atom. The molecule has 0 spiro atoms. The number of halogens is 6. The number of aromatic nitrogens is 3. The minimum Gasteiger partial charge on any atom is -0.507 e. The number of rotatable bonds is 11. The average molecular weight is 1340 g/mol. The number of carboxylic acids is 1. The fourth-order valence-corrected chi connectivity index (χ4v) is 7.33. The number of ketones is 1. The zero-order valence-corrected chi connectivity index (χ0v) is 48.3. The molecule has 0 aliphatic heterocycles. The number of esters is 1. The fraction of sp³-hybridized carbons (Fsp3) is 0.210. The second kappa shape index (κ2) is 39.7. The Kier molecular flexibility index (Phi) is 37.0. The number of primary amides is 1. The molecule has 9 rings (SSSR count). The molecular formula is C62H70BrCl5N4O13. The van der Waals surface area contributed by atoms with E-state index >= 15 is 0 Å². The number of carbonyl (C=O) groups excluding carboxylic acids is 3. The van der Waals surface area contributed by atoms with Crippen molar-refractivity contribution in [1.29, 1.82) is 0 Å². The Morgan fingerprint density at radius 3 is 1.26 bits per heavy atom. The number of carbonyl (C=O) groups is 4. The minimum atomic E-state index is -1.15. The Balaban J connectivity index is 0. The standard InChI is InChI=1S/C18H14ClNO4.2C10H8ClNO2.C9H9BrO2.C7H6ClNO2.C3H5ClO.5CH4/c1-11-10-23-17(20-11)14-9-13(19)7-8-15(14)24-16(18(21)22)12-5-3-2-4-6-12;2*1-6-5-14-10(12-6)8-4-7(11)2-3-9(8)13;1-12-9(11)8(10)7-5-3-2-4-6-7;8-4-1-2-6(10)5(3-4)7(9)11;1-3(5)2-4;;;;;/h2-10,16H,1H3,(H,21,22);2*2-5,13H,1H3;2-6,8H,1H3;1-3,10H,(H2,9,11);2H2,1H3;5*1H4. The van der Waals surface area contributed by atoms with Crippen LogP contribution in [0.3, 0.4) is 0 Å². The molecule has 0 radical (unpaired) electrons. The van der Waals surface area contributed by atoms with E-state index in [0.717, 1.165) is 17.0 Å². The topological polar surface area (TPSA) is 272 Å². The Bertz CT molecular complexity index is 3380. The predicted octanol–water partition coefficient (Wildman–Crippen LogP) is 18.0. The molecule has 2 unspecified atom stereocenters. The lowest BCUT2D eigenvalue weighted by Crippen LogP contribution is -2.18. The third-order valence-electron chi connectivity index (χ3n) is 9.89. The van der Waals surface area contributed by atoms with Gasteiger partial charge in [0, 0.05) is 25.7 Å². The second-order valence-electron chi connectivity index (χ2n) is 16.3. The van der Waals surface area contributed by atoms with Crippen molar-refractivity contribution in [1.82, 2.24) is 15.0 Å². The maximum absolute atomic E-state index is 11.6. The lowest BCUT2D eigenvalue weighted by atomic mass is 10.1. The number of Topliss-reactive ketones (excluding diaryl/α,β-unsaturated/α-hetero) is 1. The van der Waals surface area contributed by atoms with Crippen molar-refractivity contribution < 1.29 is 62.3 Å². The van der Waals surface area contributed by atoms with Crippen LogP contribution in [0.2, 0.25) is 20.1 Å². The first kappa shape index (κ1) is 79.2. The van der Waals surface area contributed by atoms with Gasteiger partial charge in [-0.3, -0.25) is 14.4 Å². The maximum atomic E-state index is 11.6. The number of oxazole rings is 3. The van der Waals surface area contributed by atoms with Gasteiger partial charge in [0.2, 0.25) is 23.8 Å². The zero-order chi connectivity index (χ0) is 59.1. The van der Waals surface area contributed by atoms with Crippen LogP contribution < -0.4 is 10.5 Å². The van der Waals surface area contributed by atoms with E-state index in [9.17, 15) is 34.5 Å². The van der Waals surface area contributed by atoms with Gasteiger partial charge in [-0.2, -0.15) is 0 Å². The number of nitrogens with zero attached hydrogens (tertiary/aromatic N) is 3. The first-order chi connectivity index (χ1) is 38.0. The monoisotopic (exact) mass is 1330 g/mol. The van der Waals surface area contributed by atoms with E-state index in [-0.39, 0.29) is 82.4 Å². The van der Waals surface area contributed by atoms with Gasteiger partial charge in [-0.05, 0) is 106 Å². The van der Waals surface area contributed by atoms with Crippen molar-refractivity contribution in [2.45, 2.75) is 75.8 Å². The van der Waals surface area contributed by atoms with Crippen LogP contribution in [0.5, 0.6) is 23.0 Å². The summed E-state index contributed by atoms with van der Waals surface area (Å²) in [6, 6.07) is 36.6. The molecule has 0 saturated carbocycles. The molecule has 0 saturated heterocycles. The number of aliphatic carboxylic acids is 1. The molecule has 3 heterocycles. The van der Waals surface area contributed by atoms with Gasteiger partial charge in [0.25, 0.3) is 5.91 Å². The van der Waals surface area contributed by atoms with Crippen molar-refractivity contribution in [2.24, 2.45) is 5.73 Å². The normalized spacial score (nSPS) is 10.2. The number of hydrogen-bond acceptors (Lipinski definition) is 15. The van der Waals surface area contributed by atoms with E-state index in [1.807, 2.05) is 50.2 Å². The molecule has 2 atom stereocenters.